The van der Waals surface area contributed by atoms with Crippen molar-refractivity contribution in [3.63, 3.8) is 0 Å². The summed E-state index contributed by atoms with van der Waals surface area (Å²) in [4.78, 5) is 24.7. The van der Waals surface area contributed by atoms with Crippen LogP contribution in [-0.4, -0.2) is 61.0 Å². The molecule has 1 aromatic carbocycles. The Morgan fingerprint density at radius 2 is 2.13 bits per heavy atom. The van der Waals surface area contributed by atoms with E-state index < -0.39 is 22.4 Å². The van der Waals surface area contributed by atoms with Crippen LogP contribution < -0.4 is 4.74 Å². The maximum absolute atomic E-state index is 12.6. The van der Waals surface area contributed by atoms with Crippen LogP contribution in [0.1, 0.15) is 23.7 Å². The highest BCUT2D eigenvalue weighted by atomic mass is 32.2. The zero-order valence-corrected chi connectivity index (χ0v) is 13.6. The molecule has 1 fully saturated rings. The molecule has 1 aliphatic heterocycles. The van der Waals surface area contributed by atoms with Crippen LogP contribution in [0.25, 0.3) is 0 Å². The first kappa shape index (κ1) is 17.3. The fourth-order valence-corrected chi connectivity index (χ4v) is 4.35. The average molecular weight is 341 g/mol. The fraction of sp³-hybridized carbons (Fsp3) is 0.467. The minimum atomic E-state index is -3.08. The third kappa shape index (κ3) is 4.44. The smallest absolute Gasteiger partial charge is 0.341 e. The summed E-state index contributed by atoms with van der Waals surface area (Å²) >= 11 is 0. The number of ether oxygens (including phenoxy) is 1. The summed E-state index contributed by atoms with van der Waals surface area (Å²) in [5.41, 5.74) is 0.346. The normalized spacial score (nSPS) is 19.3. The largest absolute Gasteiger partial charge is 0.482 e. The first-order valence-corrected chi connectivity index (χ1v) is 9.10. The summed E-state index contributed by atoms with van der Waals surface area (Å²) in [7, 11) is -3.08. The van der Waals surface area contributed by atoms with Gasteiger partial charge in [-0.2, -0.15) is 0 Å². The van der Waals surface area contributed by atoms with Gasteiger partial charge in [-0.15, -0.1) is 0 Å². The van der Waals surface area contributed by atoms with Crippen molar-refractivity contribution in [2.24, 2.45) is 0 Å². The molecule has 126 valence electrons. The number of hydrogen-bond acceptors (Lipinski definition) is 5. The van der Waals surface area contributed by atoms with Gasteiger partial charge in [-0.05, 0) is 31.5 Å². The lowest BCUT2D eigenvalue weighted by Gasteiger charge is -2.27. The molecule has 0 aromatic heterocycles. The van der Waals surface area contributed by atoms with E-state index in [9.17, 15) is 18.0 Å². The molecule has 1 N–H and O–H groups in total. The summed E-state index contributed by atoms with van der Waals surface area (Å²) in [5, 5.41) is 8.62. The molecule has 0 radical (unpaired) electrons. The topological polar surface area (TPSA) is 101 Å². The van der Waals surface area contributed by atoms with Crippen LogP contribution in [-0.2, 0) is 14.6 Å². The van der Waals surface area contributed by atoms with Gasteiger partial charge in [0.15, 0.2) is 16.4 Å². The van der Waals surface area contributed by atoms with Crippen molar-refractivity contribution in [3.8, 4) is 5.75 Å². The summed E-state index contributed by atoms with van der Waals surface area (Å²) in [6.07, 6.45) is 0.442. The Labute approximate surface area is 134 Å². The molecule has 1 heterocycles. The van der Waals surface area contributed by atoms with Crippen molar-refractivity contribution in [1.82, 2.24) is 4.90 Å². The molecule has 8 heteroatoms. The van der Waals surface area contributed by atoms with Crippen LogP contribution in [0, 0.1) is 0 Å². The summed E-state index contributed by atoms with van der Waals surface area (Å²) in [6, 6.07) is 5.92. The Morgan fingerprint density at radius 1 is 1.39 bits per heavy atom. The number of nitrogens with zero attached hydrogens (tertiary/aromatic N) is 1. The van der Waals surface area contributed by atoms with Crippen LogP contribution in [0.4, 0.5) is 0 Å². The van der Waals surface area contributed by atoms with Crippen molar-refractivity contribution in [2.75, 3.05) is 24.7 Å². The molecule has 7 nitrogen and oxygen atoms in total. The van der Waals surface area contributed by atoms with Crippen LogP contribution >= 0.6 is 0 Å². The Bertz CT molecular complexity index is 700. The van der Waals surface area contributed by atoms with Gasteiger partial charge in [0.05, 0.1) is 11.5 Å². The third-order valence-corrected chi connectivity index (χ3v) is 5.44. The molecule has 2 rings (SSSR count). The number of carbonyl (C=O) groups is 2. The second-order valence-electron chi connectivity index (χ2n) is 5.36. The lowest BCUT2D eigenvalue weighted by Crippen LogP contribution is -2.40. The second kappa shape index (κ2) is 6.99. The lowest BCUT2D eigenvalue weighted by atomic mass is 10.1. The summed E-state index contributed by atoms with van der Waals surface area (Å²) in [5.74, 6) is -1.01. The molecule has 1 atom stereocenters. The van der Waals surface area contributed by atoms with E-state index in [0.29, 0.717) is 18.5 Å². The van der Waals surface area contributed by atoms with E-state index in [1.807, 2.05) is 0 Å². The molecule has 0 spiro atoms. The lowest BCUT2D eigenvalue weighted by molar-refractivity contribution is -0.139. The monoisotopic (exact) mass is 341 g/mol. The first-order valence-electron chi connectivity index (χ1n) is 7.28. The number of carbonyl (C=O) groups excluding carboxylic acids is 1. The van der Waals surface area contributed by atoms with Crippen LogP contribution in [0.3, 0.4) is 0 Å². The number of sulfone groups is 1. The minimum absolute atomic E-state index is 0.0121. The Morgan fingerprint density at radius 3 is 2.70 bits per heavy atom. The second-order valence-corrected chi connectivity index (χ2v) is 7.59. The van der Waals surface area contributed by atoms with Gasteiger partial charge in [-0.25, -0.2) is 13.2 Å². The van der Waals surface area contributed by atoms with Gasteiger partial charge >= 0.3 is 5.97 Å². The van der Waals surface area contributed by atoms with E-state index in [-0.39, 0.29) is 29.2 Å². The van der Waals surface area contributed by atoms with Crippen LogP contribution in [0.15, 0.2) is 24.3 Å². The quantitative estimate of drug-likeness (QED) is 0.821. The number of carboxylic acid groups (broad SMARTS) is 1. The predicted molar refractivity (Wildman–Crippen MR) is 83.3 cm³/mol. The summed E-state index contributed by atoms with van der Waals surface area (Å²) < 4.78 is 28.3. The molecule has 0 aliphatic carbocycles. The van der Waals surface area contributed by atoms with Gasteiger partial charge < -0.3 is 14.7 Å². The van der Waals surface area contributed by atoms with Crippen molar-refractivity contribution in [1.29, 1.82) is 0 Å². The van der Waals surface area contributed by atoms with E-state index in [1.54, 1.807) is 30.0 Å². The number of amides is 1. The number of hydrogen-bond donors (Lipinski definition) is 1. The molecular weight excluding hydrogens is 322 g/mol. The van der Waals surface area contributed by atoms with Crippen molar-refractivity contribution in [3.05, 3.63) is 29.8 Å². The van der Waals surface area contributed by atoms with Crippen LogP contribution in [0.2, 0.25) is 0 Å². The van der Waals surface area contributed by atoms with Gasteiger partial charge in [0.2, 0.25) is 0 Å². The van der Waals surface area contributed by atoms with Gasteiger partial charge in [0.1, 0.15) is 5.75 Å². The first-order chi connectivity index (χ1) is 10.8. The molecule has 23 heavy (non-hydrogen) atoms. The van der Waals surface area contributed by atoms with Crippen LogP contribution in [0.5, 0.6) is 5.75 Å². The Hall–Kier alpha value is -2.09. The van der Waals surface area contributed by atoms with Gasteiger partial charge in [-0.1, -0.05) is 6.07 Å². The average Bonchev–Trinajstić information content (AvgIpc) is 2.86. The third-order valence-electron chi connectivity index (χ3n) is 3.69. The van der Waals surface area contributed by atoms with E-state index in [2.05, 4.69) is 0 Å². The molecule has 1 unspecified atom stereocenters. The molecular formula is C15H19NO6S. The Kier molecular flexibility index (Phi) is 5.25. The molecule has 1 saturated heterocycles. The van der Waals surface area contributed by atoms with Crippen molar-refractivity contribution in [2.45, 2.75) is 19.4 Å². The number of aliphatic carboxylic acids is 1. The molecule has 1 amide bonds. The Balaban J connectivity index is 2.14. The van der Waals surface area contributed by atoms with Crippen molar-refractivity contribution < 1.29 is 27.9 Å². The number of benzene rings is 1. The maximum Gasteiger partial charge on any atom is 0.341 e. The highest BCUT2D eigenvalue weighted by molar-refractivity contribution is 7.91. The highest BCUT2D eigenvalue weighted by Crippen LogP contribution is 2.21. The number of carboxylic acids is 1. The fourth-order valence-electron chi connectivity index (χ4n) is 2.62. The molecule has 0 saturated carbocycles. The van der Waals surface area contributed by atoms with E-state index in [0.717, 1.165) is 0 Å². The predicted octanol–water partition coefficient (Wildman–Crippen LogP) is 0.799. The van der Waals surface area contributed by atoms with Crippen molar-refractivity contribution >= 4 is 21.7 Å². The van der Waals surface area contributed by atoms with Gasteiger partial charge in [0.25, 0.3) is 5.91 Å². The van der Waals surface area contributed by atoms with E-state index >= 15 is 0 Å². The molecule has 0 bridgehead atoms. The summed E-state index contributed by atoms with van der Waals surface area (Å²) in [6.45, 7) is 1.71. The van der Waals surface area contributed by atoms with E-state index in [1.165, 1.54) is 6.07 Å². The minimum Gasteiger partial charge on any atom is -0.482 e. The number of rotatable bonds is 6. The zero-order valence-electron chi connectivity index (χ0n) is 12.8. The highest BCUT2D eigenvalue weighted by Gasteiger charge is 2.34. The standard InChI is InChI=1S/C15H19NO6S/c1-2-16(12-6-7-23(20,21)10-12)15(19)11-4-3-5-13(8-11)22-9-14(17)18/h3-5,8,12H,2,6-7,9-10H2,1H3,(H,17,18). The molecule has 1 aromatic rings. The maximum atomic E-state index is 12.6. The van der Waals surface area contributed by atoms with Gasteiger partial charge in [0, 0.05) is 18.2 Å². The zero-order chi connectivity index (χ0) is 17.0. The molecule has 1 aliphatic rings. The van der Waals surface area contributed by atoms with Gasteiger partial charge in [-0.3, -0.25) is 4.79 Å². The SMILES string of the molecule is CCN(C(=O)c1cccc(OCC(=O)O)c1)C1CCS(=O)(=O)C1. The van der Waals surface area contributed by atoms with E-state index in [4.69, 9.17) is 9.84 Å².